The van der Waals surface area contributed by atoms with Gasteiger partial charge in [-0.15, -0.1) is 0 Å². The molecule has 6 nitrogen and oxygen atoms in total. The average Bonchev–Trinajstić information content (AvgIpc) is 3.33. The van der Waals surface area contributed by atoms with E-state index in [1.165, 1.54) is 0 Å². The summed E-state index contributed by atoms with van der Waals surface area (Å²) in [6.07, 6.45) is 2.38. The molecule has 2 unspecified atom stereocenters. The molecule has 2 heterocycles. The van der Waals surface area contributed by atoms with Crippen LogP contribution in [0.5, 0.6) is 0 Å². The number of fused-ring (bicyclic) bond motifs is 3. The fraction of sp³-hybridized carbons (Fsp3) is 0.136. The molecule has 2 N–H and O–H groups in total. The minimum absolute atomic E-state index is 0.0346. The maximum atomic E-state index is 11.3. The number of nitrogens with zero attached hydrogens (tertiary/aromatic N) is 1. The van der Waals surface area contributed by atoms with Gasteiger partial charge in [0.1, 0.15) is 22.3 Å². The maximum Gasteiger partial charge on any atom is 0.155 e. The van der Waals surface area contributed by atoms with Gasteiger partial charge >= 0.3 is 0 Å². The summed E-state index contributed by atoms with van der Waals surface area (Å²) < 4.78 is 8.14. The second kappa shape index (κ2) is 9.60. The van der Waals surface area contributed by atoms with Crippen LogP contribution in [0.4, 0.5) is 0 Å². The first-order valence-electron chi connectivity index (χ1n) is 9.53. The molecular weight excluding hydrogens is 543 g/mol. The number of benzene rings is 2. The lowest BCUT2D eigenvalue weighted by molar-refractivity contribution is -0.110. The van der Waals surface area contributed by atoms with E-state index in [9.17, 15) is 9.59 Å². The maximum absolute atomic E-state index is 11.3. The molecule has 9 heteroatoms. The van der Waals surface area contributed by atoms with Crippen LogP contribution in [0.25, 0.3) is 38.9 Å². The number of hydrogen-bond donors (Lipinski definition) is 2. The molecule has 0 aliphatic heterocycles. The number of imidazole rings is 1. The third-order valence-corrected chi connectivity index (χ3v) is 7.01. The number of aromatic amines is 1. The molecular formula is C22H20IN3O3P2. The van der Waals surface area contributed by atoms with Crippen molar-refractivity contribution < 1.29 is 14.0 Å². The third kappa shape index (κ3) is 5.05. The first-order valence-corrected chi connectivity index (χ1v) is 13.0. The molecule has 4 aromatic rings. The Morgan fingerprint density at radius 3 is 2.58 bits per heavy atom. The number of H-pyrrole nitrogens is 1. The highest BCUT2D eigenvalue weighted by Crippen LogP contribution is 2.33. The zero-order valence-corrected chi connectivity index (χ0v) is 21.0. The number of halogens is 1. The van der Waals surface area contributed by atoms with E-state index in [1.807, 2.05) is 28.3 Å². The van der Waals surface area contributed by atoms with Crippen molar-refractivity contribution in [3.8, 4) is 11.3 Å². The quantitative estimate of drug-likeness (QED) is 0.224. The number of carbonyl (C=O) groups is 2. The molecule has 2 aromatic heterocycles. The molecule has 0 radical (unpaired) electrons. The van der Waals surface area contributed by atoms with Crippen LogP contribution in [-0.2, 0) is 9.59 Å². The minimum atomic E-state index is 0.0346. The summed E-state index contributed by atoms with van der Waals surface area (Å²) in [7, 11) is 0.278. The van der Waals surface area contributed by atoms with E-state index in [0.29, 0.717) is 11.9 Å². The molecule has 31 heavy (non-hydrogen) atoms. The van der Waals surface area contributed by atoms with E-state index in [-0.39, 0.29) is 28.2 Å². The predicted octanol–water partition coefficient (Wildman–Crippen LogP) is 5.33. The summed E-state index contributed by atoms with van der Waals surface area (Å²) in [5, 5.41) is 5.42. The smallest absolute Gasteiger partial charge is 0.155 e. The first-order chi connectivity index (χ1) is 14.9. The van der Waals surface area contributed by atoms with E-state index in [1.54, 1.807) is 20.0 Å². The molecule has 0 saturated carbocycles. The molecule has 0 fully saturated rings. The van der Waals surface area contributed by atoms with E-state index >= 15 is 0 Å². The van der Waals surface area contributed by atoms with Crippen molar-refractivity contribution in [2.24, 2.45) is 0 Å². The summed E-state index contributed by atoms with van der Waals surface area (Å²) in [6.45, 7) is 3.17. The fourth-order valence-corrected chi connectivity index (χ4v) is 5.05. The van der Waals surface area contributed by atoms with Crippen LogP contribution in [-0.4, -0.2) is 27.3 Å². The molecule has 0 bridgehead atoms. The van der Waals surface area contributed by atoms with Gasteiger partial charge < -0.3 is 14.7 Å². The number of aromatic nitrogens is 2. The summed E-state index contributed by atoms with van der Waals surface area (Å²) in [4.78, 5) is 30.1. The fourth-order valence-electron chi connectivity index (χ4n) is 3.28. The number of nitrogens with one attached hydrogen (secondary N) is 2. The van der Waals surface area contributed by atoms with Gasteiger partial charge in [-0.25, -0.2) is 4.98 Å². The second-order valence-corrected chi connectivity index (χ2v) is 10.4. The van der Waals surface area contributed by atoms with E-state index in [4.69, 9.17) is 4.42 Å². The van der Waals surface area contributed by atoms with Crippen molar-refractivity contribution in [1.29, 1.82) is 0 Å². The molecule has 0 aliphatic carbocycles. The zero-order chi connectivity index (χ0) is 22.0. The minimum Gasteiger partial charge on any atom is -0.456 e. The Labute approximate surface area is 196 Å². The van der Waals surface area contributed by atoms with Gasteiger partial charge in [-0.2, -0.15) is 0 Å². The van der Waals surface area contributed by atoms with Crippen LogP contribution in [0.2, 0.25) is 0 Å². The van der Waals surface area contributed by atoms with Crippen molar-refractivity contribution in [3.63, 3.8) is 0 Å². The Morgan fingerprint density at radius 1 is 1.13 bits per heavy atom. The van der Waals surface area contributed by atoms with Crippen molar-refractivity contribution >= 4 is 84.0 Å². The van der Waals surface area contributed by atoms with Crippen LogP contribution in [0.15, 0.2) is 51.1 Å². The topological polar surface area (TPSA) is 88.0 Å². The highest BCUT2D eigenvalue weighted by molar-refractivity contribution is 14.1. The molecule has 4 rings (SSSR count). The molecule has 2 aromatic carbocycles. The monoisotopic (exact) mass is 563 g/mol. The lowest BCUT2D eigenvalue weighted by Gasteiger charge is -2.09. The number of carbonyl (C=O) groups excluding carboxylic acids is 2. The normalized spacial score (nSPS) is 12.7. The lowest BCUT2D eigenvalue weighted by Crippen LogP contribution is -2.10. The Bertz CT molecular complexity index is 1330. The summed E-state index contributed by atoms with van der Waals surface area (Å²) in [5.41, 5.74) is 6.37. The third-order valence-electron chi connectivity index (χ3n) is 4.69. The summed E-state index contributed by atoms with van der Waals surface area (Å²) in [5.74, 6) is 0. The average molecular weight is 563 g/mol. The van der Waals surface area contributed by atoms with Crippen molar-refractivity contribution in [2.75, 3.05) is 6.29 Å². The Morgan fingerprint density at radius 2 is 1.87 bits per heavy atom. The molecule has 158 valence electrons. The van der Waals surface area contributed by atoms with Crippen LogP contribution in [0.3, 0.4) is 0 Å². The van der Waals surface area contributed by atoms with Crippen LogP contribution in [0.1, 0.15) is 19.4 Å². The molecule has 0 spiro atoms. The summed E-state index contributed by atoms with van der Waals surface area (Å²) >= 11 is 2.20. The van der Waals surface area contributed by atoms with Gasteiger partial charge in [0.2, 0.25) is 0 Å². The Kier molecular flexibility index (Phi) is 6.85. The van der Waals surface area contributed by atoms with Gasteiger partial charge in [0.05, 0.1) is 11.9 Å². The highest BCUT2D eigenvalue weighted by atomic mass is 127. The standard InChI is InChI=1S/C22H20IN3O3P2/c1-12(27)30-11-25-18(9-23)14-3-5-16-17-6-4-15(8-21(17)29-20(16)7-14)19-10-24-22(26-19)31-13(2)28/h3-10,25,30-31H,11H2,1-2H3,(H,24,26)/b18-9-. The number of hydrogen-bond acceptors (Lipinski definition) is 5. The highest BCUT2D eigenvalue weighted by Gasteiger charge is 2.12. The van der Waals surface area contributed by atoms with E-state index in [2.05, 4.69) is 50.0 Å². The molecule has 0 aliphatic rings. The van der Waals surface area contributed by atoms with Crippen molar-refractivity contribution in [3.05, 3.63) is 52.2 Å². The lowest BCUT2D eigenvalue weighted by atomic mass is 10.1. The molecule has 2 atom stereocenters. The van der Waals surface area contributed by atoms with Gasteiger partial charge in [0, 0.05) is 46.5 Å². The number of rotatable bonds is 8. The zero-order valence-electron chi connectivity index (χ0n) is 16.9. The largest absolute Gasteiger partial charge is 0.456 e. The van der Waals surface area contributed by atoms with Crippen molar-refractivity contribution in [2.45, 2.75) is 13.8 Å². The van der Waals surface area contributed by atoms with E-state index in [0.717, 1.165) is 44.5 Å². The van der Waals surface area contributed by atoms with Gasteiger partial charge in [0.15, 0.2) is 5.52 Å². The van der Waals surface area contributed by atoms with Crippen LogP contribution in [0, 0.1) is 0 Å². The van der Waals surface area contributed by atoms with Crippen molar-refractivity contribution in [1.82, 2.24) is 15.3 Å². The predicted molar refractivity (Wildman–Crippen MR) is 139 cm³/mol. The first kappa shape index (κ1) is 22.1. The van der Waals surface area contributed by atoms with E-state index < -0.39 is 0 Å². The SMILES string of the molecule is CC(=O)PCN/C(=C\I)c1ccc2c(c1)oc1cc(-c3cnc(PC(C)=O)[nH]3)ccc12. The summed E-state index contributed by atoms with van der Waals surface area (Å²) in [6, 6.07) is 12.2. The molecule has 0 saturated heterocycles. The van der Waals surface area contributed by atoms with Crippen LogP contribution < -0.4 is 10.9 Å². The molecule has 0 amide bonds. The van der Waals surface area contributed by atoms with Gasteiger partial charge in [-0.1, -0.05) is 34.7 Å². The Hall–Kier alpha value is -2.08. The number of furan rings is 1. The van der Waals surface area contributed by atoms with Crippen LogP contribution >= 0.6 is 39.8 Å². The second-order valence-electron chi connectivity index (χ2n) is 6.96. The Balaban J connectivity index is 1.64. The van der Waals surface area contributed by atoms with Gasteiger partial charge in [-0.05, 0) is 46.7 Å². The van der Waals surface area contributed by atoms with Gasteiger partial charge in [0.25, 0.3) is 0 Å². The van der Waals surface area contributed by atoms with Gasteiger partial charge in [-0.3, -0.25) is 9.59 Å².